The number of halogens is 1. The number of carbonyl (C=O) groups is 1. The van der Waals surface area contributed by atoms with Gasteiger partial charge in [0, 0.05) is 35.5 Å². The van der Waals surface area contributed by atoms with Crippen LogP contribution in [0.1, 0.15) is 51.5 Å². The van der Waals surface area contributed by atoms with Crippen LogP contribution < -0.4 is 10.6 Å². The van der Waals surface area contributed by atoms with Crippen molar-refractivity contribution in [2.45, 2.75) is 63.5 Å². The molecule has 0 aliphatic carbocycles. The van der Waals surface area contributed by atoms with Crippen LogP contribution in [-0.4, -0.2) is 24.5 Å². The van der Waals surface area contributed by atoms with Crippen LogP contribution in [0.5, 0.6) is 0 Å². The molecule has 2 bridgehead atoms. The zero-order valence-electron chi connectivity index (χ0n) is 14.1. The Morgan fingerprint density at radius 3 is 2.65 bits per heavy atom. The standard InChI is InChI=1S/C19H27ClN2O/c1-19(2,14-4-3-5-15(20)11-14)12-21-18(23)10-13-8-16-6-7-17(9-13)22-16/h3-5,11,13,16-17,22H,6-10,12H2,1-2H3,(H,21,23). The van der Waals surface area contributed by atoms with Crippen LogP contribution in [0, 0.1) is 5.92 Å². The van der Waals surface area contributed by atoms with Crippen molar-refractivity contribution < 1.29 is 4.79 Å². The van der Waals surface area contributed by atoms with E-state index >= 15 is 0 Å². The zero-order valence-corrected chi connectivity index (χ0v) is 14.8. The maximum absolute atomic E-state index is 12.3. The average Bonchev–Trinajstić information content (AvgIpc) is 2.84. The van der Waals surface area contributed by atoms with Gasteiger partial charge in [0.1, 0.15) is 0 Å². The van der Waals surface area contributed by atoms with Gasteiger partial charge in [-0.3, -0.25) is 4.79 Å². The van der Waals surface area contributed by atoms with Gasteiger partial charge >= 0.3 is 0 Å². The molecule has 0 spiro atoms. The predicted octanol–water partition coefficient (Wildman–Crippen LogP) is 3.65. The van der Waals surface area contributed by atoms with Gasteiger partial charge in [0.2, 0.25) is 5.91 Å². The molecule has 3 nitrogen and oxygen atoms in total. The Morgan fingerprint density at radius 1 is 1.30 bits per heavy atom. The lowest BCUT2D eigenvalue weighted by molar-refractivity contribution is -0.122. The largest absolute Gasteiger partial charge is 0.355 e. The van der Waals surface area contributed by atoms with Crippen LogP contribution in [0.15, 0.2) is 24.3 Å². The smallest absolute Gasteiger partial charge is 0.220 e. The maximum Gasteiger partial charge on any atom is 0.220 e. The fourth-order valence-electron chi connectivity index (χ4n) is 4.01. The van der Waals surface area contributed by atoms with Crippen LogP contribution >= 0.6 is 11.6 Å². The number of carbonyl (C=O) groups excluding carboxylic acids is 1. The summed E-state index contributed by atoms with van der Waals surface area (Å²) in [6.45, 7) is 4.93. The number of hydrogen-bond donors (Lipinski definition) is 2. The summed E-state index contributed by atoms with van der Waals surface area (Å²) in [6, 6.07) is 9.20. The molecule has 2 fully saturated rings. The topological polar surface area (TPSA) is 41.1 Å². The van der Waals surface area contributed by atoms with E-state index in [1.807, 2.05) is 18.2 Å². The van der Waals surface area contributed by atoms with Gasteiger partial charge in [-0.25, -0.2) is 0 Å². The lowest BCUT2D eigenvalue weighted by Crippen LogP contribution is -2.41. The van der Waals surface area contributed by atoms with Gasteiger partial charge in [-0.15, -0.1) is 0 Å². The van der Waals surface area contributed by atoms with E-state index in [4.69, 9.17) is 11.6 Å². The van der Waals surface area contributed by atoms with Gasteiger partial charge in [-0.2, -0.15) is 0 Å². The van der Waals surface area contributed by atoms with E-state index in [-0.39, 0.29) is 11.3 Å². The molecular formula is C19H27ClN2O. The molecule has 2 N–H and O–H groups in total. The molecule has 1 amide bonds. The summed E-state index contributed by atoms with van der Waals surface area (Å²) in [6.07, 6.45) is 5.54. The normalized spacial score (nSPS) is 27.0. The highest BCUT2D eigenvalue weighted by molar-refractivity contribution is 6.30. The third-order valence-electron chi connectivity index (χ3n) is 5.38. The number of fused-ring (bicyclic) bond motifs is 2. The van der Waals surface area contributed by atoms with Crippen molar-refractivity contribution in [2.24, 2.45) is 5.92 Å². The molecule has 2 heterocycles. The van der Waals surface area contributed by atoms with E-state index in [9.17, 15) is 4.79 Å². The van der Waals surface area contributed by atoms with E-state index in [2.05, 4.69) is 30.5 Å². The maximum atomic E-state index is 12.3. The first-order chi connectivity index (χ1) is 10.9. The zero-order chi connectivity index (χ0) is 16.4. The average molecular weight is 335 g/mol. The summed E-state index contributed by atoms with van der Waals surface area (Å²) in [5.74, 6) is 0.731. The molecule has 0 aromatic heterocycles. The van der Waals surface area contributed by atoms with E-state index < -0.39 is 0 Å². The Hall–Kier alpha value is -1.06. The molecule has 2 saturated heterocycles. The Bertz CT molecular complexity index is 560. The number of amides is 1. The fraction of sp³-hybridized carbons (Fsp3) is 0.632. The Balaban J connectivity index is 1.50. The lowest BCUT2D eigenvalue weighted by atomic mass is 9.84. The van der Waals surface area contributed by atoms with Gasteiger partial charge < -0.3 is 10.6 Å². The third kappa shape index (κ3) is 4.27. The summed E-state index contributed by atoms with van der Waals surface area (Å²) >= 11 is 6.08. The van der Waals surface area contributed by atoms with Crippen molar-refractivity contribution in [2.75, 3.05) is 6.54 Å². The minimum Gasteiger partial charge on any atom is -0.355 e. The van der Waals surface area contributed by atoms with Gasteiger partial charge in [0.15, 0.2) is 0 Å². The number of hydrogen-bond acceptors (Lipinski definition) is 2. The molecule has 2 aliphatic rings. The molecule has 23 heavy (non-hydrogen) atoms. The van der Waals surface area contributed by atoms with Crippen molar-refractivity contribution in [1.29, 1.82) is 0 Å². The molecule has 0 saturated carbocycles. The first-order valence-electron chi connectivity index (χ1n) is 8.71. The molecule has 4 heteroatoms. The number of piperidine rings is 1. The molecule has 2 aliphatic heterocycles. The predicted molar refractivity (Wildman–Crippen MR) is 94.8 cm³/mol. The Kier molecular flexibility index (Phi) is 4.98. The fourth-order valence-corrected chi connectivity index (χ4v) is 4.20. The summed E-state index contributed by atoms with van der Waals surface area (Å²) in [4.78, 5) is 12.3. The first kappa shape index (κ1) is 16.8. The molecule has 0 radical (unpaired) electrons. The summed E-state index contributed by atoms with van der Waals surface area (Å²) < 4.78 is 0. The van der Waals surface area contributed by atoms with Crippen LogP contribution in [0.4, 0.5) is 0 Å². The molecule has 2 unspecified atom stereocenters. The first-order valence-corrected chi connectivity index (χ1v) is 9.09. The summed E-state index contributed by atoms with van der Waals surface area (Å²) in [5, 5.41) is 7.51. The quantitative estimate of drug-likeness (QED) is 0.863. The highest BCUT2D eigenvalue weighted by Crippen LogP contribution is 2.32. The van der Waals surface area contributed by atoms with Crippen LogP contribution in [-0.2, 0) is 10.2 Å². The van der Waals surface area contributed by atoms with Gasteiger partial charge in [-0.05, 0) is 49.3 Å². The highest BCUT2D eigenvalue weighted by atomic mass is 35.5. The second-order valence-corrected chi connectivity index (χ2v) is 8.29. The van der Waals surface area contributed by atoms with E-state index in [1.54, 1.807) is 0 Å². The van der Waals surface area contributed by atoms with Gasteiger partial charge in [-0.1, -0.05) is 37.6 Å². The SMILES string of the molecule is CC(C)(CNC(=O)CC1CC2CCC(C1)N2)c1cccc(Cl)c1. The van der Waals surface area contributed by atoms with Crippen molar-refractivity contribution in [1.82, 2.24) is 10.6 Å². The second-order valence-electron chi connectivity index (χ2n) is 7.85. The highest BCUT2D eigenvalue weighted by Gasteiger charge is 2.34. The van der Waals surface area contributed by atoms with E-state index in [1.165, 1.54) is 12.8 Å². The van der Waals surface area contributed by atoms with Gasteiger partial charge in [0.05, 0.1) is 0 Å². The monoisotopic (exact) mass is 334 g/mol. The molecule has 2 atom stereocenters. The molecule has 126 valence electrons. The van der Waals surface area contributed by atoms with Crippen LogP contribution in [0.25, 0.3) is 0 Å². The number of benzene rings is 1. The summed E-state index contributed by atoms with van der Waals surface area (Å²) in [7, 11) is 0. The van der Waals surface area contributed by atoms with Crippen molar-refractivity contribution >= 4 is 17.5 Å². The summed E-state index contributed by atoms with van der Waals surface area (Å²) in [5.41, 5.74) is 1.04. The minimum absolute atomic E-state index is 0.117. The van der Waals surface area contributed by atoms with Crippen molar-refractivity contribution in [3.8, 4) is 0 Å². The number of rotatable bonds is 5. The molecule has 3 rings (SSSR count). The number of nitrogens with one attached hydrogen (secondary N) is 2. The van der Waals surface area contributed by atoms with E-state index in [0.29, 0.717) is 31.0 Å². The van der Waals surface area contributed by atoms with Crippen LogP contribution in [0.3, 0.4) is 0 Å². The Labute approximate surface area is 144 Å². The van der Waals surface area contributed by atoms with Crippen LogP contribution in [0.2, 0.25) is 5.02 Å². The van der Waals surface area contributed by atoms with E-state index in [0.717, 1.165) is 23.4 Å². The third-order valence-corrected chi connectivity index (χ3v) is 5.61. The van der Waals surface area contributed by atoms with Crippen molar-refractivity contribution in [3.05, 3.63) is 34.9 Å². The minimum atomic E-state index is -0.117. The second kappa shape index (κ2) is 6.82. The molecular weight excluding hydrogens is 308 g/mol. The molecule has 1 aromatic carbocycles. The van der Waals surface area contributed by atoms with Gasteiger partial charge in [0.25, 0.3) is 0 Å². The Morgan fingerprint density at radius 2 is 2.00 bits per heavy atom. The molecule has 1 aromatic rings. The lowest BCUT2D eigenvalue weighted by Gasteiger charge is -2.30. The van der Waals surface area contributed by atoms with Crippen molar-refractivity contribution in [3.63, 3.8) is 0 Å².